The molecular weight excluding hydrogens is 152 g/mol. The maximum absolute atomic E-state index is 5.27. The smallest absolute Gasteiger partial charge is 0.274 e. The van der Waals surface area contributed by atoms with E-state index in [9.17, 15) is 0 Å². The molecule has 12 heavy (non-hydrogen) atoms. The molecule has 0 amide bonds. The Hall–Kier alpha value is -0.660. The molecule has 0 fully saturated rings. The van der Waals surface area contributed by atoms with Crippen molar-refractivity contribution in [1.82, 2.24) is 0 Å². The molecule has 0 unspecified atom stereocenters. The van der Waals surface area contributed by atoms with Crippen molar-refractivity contribution < 1.29 is 9.47 Å². The third-order valence-electron chi connectivity index (χ3n) is 1.44. The van der Waals surface area contributed by atoms with Gasteiger partial charge < -0.3 is 9.47 Å². The summed E-state index contributed by atoms with van der Waals surface area (Å²) in [5, 5.41) is 0. The summed E-state index contributed by atoms with van der Waals surface area (Å²) in [6.45, 7) is 7.46. The minimum Gasteiger partial charge on any atom is -0.466 e. The number of hydrogen-bond acceptors (Lipinski definition) is 2. The van der Waals surface area contributed by atoms with Crippen LogP contribution >= 0.6 is 0 Å². The molecule has 0 saturated heterocycles. The summed E-state index contributed by atoms with van der Waals surface area (Å²) in [6, 6.07) is 0. The van der Waals surface area contributed by atoms with Crippen molar-refractivity contribution in [1.29, 1.82) is 0 Å². The zero-order valence-corrected chi connectivity index (χ0v) is 8.43. The second kappa shape index (κ2) is 8.44. The summed E-state index contributed by atoms with van der Waals surface area (Å²) in [4.78, 5) is 0. The van der Waals surface area contributed by atoms with Crippen LogP contribution in [0.2, 0.25) is 0 Å². The van der Waals surface area contributed by atoms with E-state index in [1.165, 1.54) is 12.8 Å². The van der Waals surface area contributed by atoms with E-state index >= 15 is 0 Å². The van der Waals surface area contributed by atoms with Gasteiger partial charge in [0.15, 0.2) is 0 Å². The molecule has 0 aliphatic heterocycles. The fourth-order valence-electron chi connectivity index (χ4n) is 0.868. The summed E-state index contributed by atoms with van der Waals surface area (Å²) in [7, 11) is 0. The largest absolute Gasteiger partial charge is 0.466 e. The third kappa shape index (κ3) is 6.08. The molecule has 0 aliphatic rings. The molecule has 0 N–H and O–H groups in total. The number of unbranched alkanes of at least 4 members (excludes halogenated alkanes) is 2. The van der Waals surface area contributed by atoms with Gasteiger partial charge in [0.25, 0.3) is 5.95 Å². The fourth-order valence-corrected chi connectivity index (χ4v) is 0.868. The summed E-state index contributed by atoms with van der Waals surface area (Å²) in [6.07, 6.45) is 5.48. The van der Waals surface area contributed by atoms with E-state index in [4.69, 9.17) is 9.47 Å². The highest BCUT2D eigenvalue weighted by atomic mass is 16.7. The van der Waals surface area contributed by atoms with Crippen molar-refractivity contribution >= 4 is 0 Å². The number of rotatable bonds is 7. The quantitative estimate of drug-likeness (QED) is 0.434. The van der Waals surface area contributed by atoms with Crippen LogP contribution in [0, 0.1) is 0 Å². The first-order valence-corrected chi connectivity index (χ1v) is 4.80. The van der Waals surface area contributed by atoms with Crippen LogP contribution in [0.4, 0.5) is 0 Å². The molecule has 0 rings (SSSR count). The van der Waals surface area contributed by atoms with Gasteiger partial charge >= 0.3 is 0 Å². The predicted molar refractivity (Wildman–Crippen MR) is 50.9 cm³/mol. The summed E-state index contributed by atoms with van der Waals surface area (Å²) in [5.74, 6) is 0.688. The average molecular weight is 172 g/mol. The Morgan fingerprint density at radius 2 is 1.67 bits per heavy atom. The monoisotopic (exact) mass is 172 g/mol. The lowest BCUT2D eigenvalue weighted by Gasteiger charge is -2.08. The standard InChI is InChI=1S/C10H20O2/c1-4-7-8-9-10(11-5-2)12-6-3/h9H,4-8H2,1-3H3. The van der Waals surface area contributed by atoms with Crippen LogP contribution < -0.4 is 0 Å². The first-order valence-electron chi connectivity index (χ1n) is 4.80. The molecule has 72 valence electrons. The van der Waals surface area contributed by atoms with E-state index in [0.717, 1.165) is 6.42 Å². The van der Waals surface area contributed by atoms with Crippen molar-refractivity contribution in [3.63, 3.8) is 0 Å². The van der Waals surface area contributed by atoms with Crippen LogP contribution in [0.25, 0.3) is 0 Å². The van der Waals surface area contributed by atoms with Gasteiger partial charge in [-0.05, 0) is 32.8 Å². The summed E-state index contributed by atoms with van der Waals surface area (Å²) in [5.41, 5.74) is 0. The summed E-state index contributed by atoms with van der Waals surface area (Å²) >= 11 is 0. The number of hydrogen-bond donors (Lipinski definition) is 0. The highest BCUT2D eigenvalue weighted by Crippen LogP contribution is 2.04. The first-order chi connectivity index (χ1) is 5.85. The van der Waals surface area contributed by atoms with Crippen molar-refractivity contribution in [2.45, 2.75) is 40.0 Å². The van der Waals surface area contributed by atoms with Crippen LogP contribution in [0.1, 0.15) is 40.0 Å². The molecule has 0 atom stereocenters. The van der Waals surface area contributed by atoms with Gasteiger partial charge in [0.2, 0.25) is 0 Å². The minimum absolute atomic E-state index is 0.679. The summed E-state index contributed by atoms with van der Waals surface area (Å²) < 4.78 is 10.5. The first kappa shape index (κ1) is 11.3. The van der Waals surface area contributed by atoms with Crippen LogP contribution in [0.15, 0.2) is 12.0 Å². The van der Waals surface area contributed by atoms with E-state index in [0.29, 0.717) is 19.2 Å². The highest BCUT2D eigenvalue weighted by Gasteiger charge is 1.94. The maximum Gasteiger partial charge on any atom is 0.274 e. The van der Waals surface area contributed by atoms with E-state index < -0.39 is 0 Å². The molecule has 0 saturated carbocycles. The molecule has 0 bridgehead atoms. The van der Waals surface area contributed by atoms with Gasteiger partial charge in [0.05, 0.1) is 13.2 Å². The van der Waals surface area contributed by atoms with Crippen LogP contribution in [0.5, 0.6) is 0 Å². The normalized spacial score (nSPS) is 9.25. The van der Waals surface area contributed by atoms with E-state index in [1.807, 2.05) is 19.9 Å². The van der Waals surface area contributed by atoms with E-state index in [1.54, 1.807) is 0 Å². The Morgan fingerprint density at radius 1 is 1.08 bits per heavy atom. The SMILES string of the molecule is CCCCC=C(OCC)OCC. The molecule has 0 spiro atoms. The van der Waals surface area contributed by atoms with Crippen LogP contribution in [-0.4, -0.2) is 13.2 Å². The van der Waals surface area contributed by atoms with Gasteiger partial charge in [0.1, 0.15) is 0 Å². The van der Waals surface area contributed by atoms with Crippen molar-refractivity contribution in [2.24, 2.45) is 0 Å². The fraction of sp³-hybridized carbons (Fsp3) is 0.800. The topological polar surface area (TPSA) is 18.5 Å². The van der Waals surface area contributed by atoms with Gasteiger partial charge in [-0.25, -0.2) is 0 Å². The van der Waals surface area contributed by atoms with Crippen LogP contribution in [-0.2, 0) is 9.47 Å². The third-order valence-corrected chi connectivity index (χ3v) is 1.44. The van der Waals surface area contributed by atoms with Crippen molar-refractivity contribution in [2.75, 3.05) is 13.2 Å². The number of ether oxygens (including phenoxy) is 2. The Labute approximate surface area is 75.6 Å². The number of allylic oxidation sites excluding steroid dienone is 1. The lowest BCUT2D eigenvalue weighted by molar-refractivity contribution is 0.0454. The molecule has 0 aromatic carbocycles. The molecule has 2 nitrogen and oxygen atoms in total. The Balaban J connectivity index is 3.64. The van der Waals surface area contributed by atoms with Crippen LogP contribution in [0.3, 0.4) is 0 Å². The van der Waals surface area contributed by atoms with Gasteiger partial charge in [-0.1, -0.05) is 13.3 Å². The average Bonchev–Trinajstić information content (AvgIpc) is 2.06. The van der Waals surface area contributed by atoms with Gasteiger partial charge in [-0.2, -0.15) is 0 Å². The van der Waals surface area contributed by atoms with Crippen molar-refractivity contribution in [3.8, 4) is 0 Å². The molecule has 2 heteroatoms. The van der Waals surface area contributed by atoms with Gasteiger partial charge in [-0.3, -0.25) is 0 Å². The molecule has 0 aromatic rings. The maximum atomic E-state index is 5.27. The lowest BCUT2D eigenvalue weighted by atomic mass is 10.2. The lowest BCUT2D eigenvalue weighted by Crippen LogP contribution is -1.97. The van der Waals surface area contributed by atoms with Gasteiger partial charge in [0, 0.05) is 0 Å². The Kier molecular flexibility index (Phi) is 7.97. The van der Waals surface area contributed by atoms with Gasteiger partial charge in [-0.15, -0.1) is 0 Å². The minimum atomic E-state index is 0.679. The van der Waals surface area contributed by atoms with E-state index in [2.05, 4.69) is 6.92 Å². The second-order valence-electron chi connectivity index (χ2n) is 2.53. The Bertz CT molecular complexity index is 111. The molecule has 0 radical (unpaired) electrons. The van der Waals surface area contributed by atoms with Crippen molar-refractivity contribution in [3.05, 3.63) is 12.0 Å². The molecule has 0 aliphatic carbocycles. The molecule has 0 heterocycles. The Morgan fingerprint density at radius 3 is 2.08 bits per heavy atom. The van der Waals surface area contributed by atoms with E-state index in [-0.39, 0.29) is 0 Å². The predicted octanol–water partition coefficient (Wildman–Crippen LogP) is 3.09. The molecular formula is C10H20O2. The zero-order valence-electron chi connectivity index (χ0n) is 8.43. The zero-order chi connectivity index (χ0) is 9.23. The highest BCUT2D eigenvalue weighted by molar-refractivity contribution is 4.83. The molecule has 0 aromatic heterocycles. The second-order valence-corrected chi connectivity index (χ2v) is 2.53.